The Morgan fingerprint density at radius 1 is 1.19 bits per heavy atom. The first-order chi connectivity index (χ1) is 12.8. The summed E-state index contributed by atoms with van der Waals surface area (Å²) in [6, 6.07) is 8.24. The Morgan fingerprint density at radius 2 is 1.93 bits per heavy atom. The lowest BCUT2D eigenvalue weighted by atomic mass is 10.1. The molecule has 1 amide bonds. The van der Waals surface area contributed by atoms with E-state index in [2.05, 4.69) is 10.2 Å². The predicted molar refractivity (Wildman–Crippen MR) is 92.1 cm³/mol. The molecule has 8 heteroatoms. The van der Waals surface area contributed by atoms with E-state index in [1.54, 1.807) is 17.0 Å². The van der Waals surface area contributed by atoms with E-state index in [-0.39, 0.29) is 18.4 Å². The normalized spacial score (nSPS) is 17.6. The van der Waals surface area contributed by atoms with Crippen molar-refractivity contribution >= 4 is 5.91 Å². The number of benzene rings is 1. The second kappa shape index (κ2) is 7.94. The molecule has 1 fully saturated rings. The molecule has 2 heterocycles. The number of amides is 1. The van der Waals surface area contributed by atoms with Crippen LogP contribution < -0.4 is 4.74 Å². The lowest BCUT2D eigenvalue weighted by molar-refractivity contribution is -0.137. The van der Waals surface area contributed by atoms with Gasteiger partial charge >= 0.3 is 6.18 Å². The van der Waals surface area contributed by atoms with E-state index in [9.17, 15) is 18.0 Å². The van der Waals surface area contributed by atoms with Crippen LogP contribution in [0.3, 0.4) is 0 Å². The van der Waals surface area contributed by atoms with Crippen molar-refractivity contribution in [3.63, 3.8) is 0 Å². The zero-order valence-corrected chi connectivity index (χ0v) is 14.9. The van der Waals surface area contributed by atoms with Gasteiger partial charge in [-0.3, -0.25) is 4.79 Å². The number of halogens is 3. The van der Waals surface area contributed by atoms with Crippen molar-refractivity contribution < 1.29 is 22.7 Å². The minimum absolute atomic E-state index is 0.0647. The maximum Gasteiger partial charge on any atom is 0.416 e. The average molecular weight is 379 g/mol. The molecular weight excluding hydrogens is 359 g/mol. The third kappa shape index (κ3) is 5.18. The number of rotatable bonds is 4. The molecule has 1 aliphatic rings. The Hall–Kier alpha value is -2.64. The van der Waals surface area contributed by atoms with Gasteiger partial charge in [0, 0.05) is 12.6 Å². The molecule has 5 nitrogen and oxygen atoms in total. The summed E-state index contributed by atoms with van der Waals surface area (Å²) in [5.41, 5.74) is 0.629. The number of carbonyl (C=O) groups is 1. The van der Waals surface area contributed by atoms with Gasteiger partial charge in [0.05, 0.1) is 24.2 Å². The fourth-order valence-corrected chi connectivity index (χ4v) is 2.98. The monoisotopic (exact) mass is 379 g/mol. The molecule has 2 aromatic rings. The van der Waals surface area contributed by atoms with Crippen LogP contribution in [0.2, 0.25) is 0 Å². The van der Waals surface area contributed by atoms with E-state index in [1.165, 1.54) is 12.1 Å². The minimum atomic E-state index is -4.38. The van der Waals surface area contributed by atoms with Crippen LogP contribution in [0.4, 0.5) is 13.2 Å². The number of aromatic nitrogens is 2. The van der Waals surface area contributed by atoms with Gasteiger partial charge in [0.2, 0.25) is 11.8 Å². The zero-order valence-electron chi connectivity index (χ0n) is 14.9. The molecule has 1 aliphatic heterocycles. The van der Waals surface area contributed by atoms with Crippen LogP contribution in [0.1, 0.15) is 29.7 Å². The van der Waals surface area contributed by atoms with E-state index in [0.717, 1.165) is 30.7 Å². The smallest absolute Gasteiger partial charge is 0.416 e. The van der Waals surface area contributed by atoms with Crippen molar-refractivity contribution in [1.82, 2.24) is 15.1 Å². The highest BCUT2D eigenvalue weighted by Gasteiger charge is 2.30. The number of alkyl halides is 3. The number of hydrogen-bond donors (Lipinski definition) is 0. The summed E-state index contributed by atoms with van der Waals surface area (Å²) in [6.07, 6.45) is -2.89. The van der Waals surface area contributed by atoms with Gasteiger partial charge in [0.15, 0.2) is 0 Å². The molecule has 0 bridgehead atoms. The number of nitrogens with zero attached hydrogens (tertiary/aromatic N) is 3. The number of aryl methyl sites for hydroxylation is 1. The van der Waals surface area contributed by atoms with Crippen molar-refractivity contribution in [3.8, 4) is 5.88 Å². The lowest BCUT2D eigenvalue weighted by Gasteiger charge is -2.32. The molecule has 0 spiro atoms. The third-order valence-electron chi connectivity index (χ3n) is 4.43. The first kappa shape index (κ1) is 19.1. The molecule has 1 atom stereocenters. The summed E-state index contributed by atoms with van der Waals surface area (Å²) in [6.45, 7) is 2.87. The molecular formula is C19H20F3N3O2. The quantitative estimate of drug-likeness (QED) is 0.817. The van der Waals surface area contributed by atoms with Crippen LogP contribution in [-0.2, 0) is 17.4 Å². The number of piperidine rings is 1. The first-order valence-corrected chi connectivity index (χ1v) is 8.72. The summed E-state index contributed by atoms with van der Waals surface area (Å²) in [4.78, 5) is 14.2. The second-order valence-corrected chi connectivity index (χ2v) is 6.61. The molecule has 1 aromatic heterocycles. The topological polar surface area (TPSA) is 55.3 Å². The van der Waals surface area contributed by atoms with Crippen LogP contribution in [0.25, 0.3) is 0 Å². The Bertz CT molecular complexity index is 776. The second-order valence-electron chi connectivity index (χ2n) is 6.61. The van der Waals surface area contributed by atoms with Gasteiger partial charge in [0.25, 0.3) is 0 Å². The van der Waals surface area contributed by atoms with Gasteiger partial charge in [-0.15, -0.1) is 5.10 Å². The third-order valence-corrected chi connectivity index (χ3v) is 4.43. The van der Waals surface area contributed by atoms with E-state index in [4.69, 9.17) is 4.74 Å². The summed E-state index contributed by atoms with van der Waals surface area (Å²) in [5, 5.41) is 7.91. The summed E-state index contributed by atoms with van der Waals surface area (Å²) in [7, 11) is 0. The van der Waals surface area contributed by atoms with Gasteiger partial charge in [-0.1, -0.05) is 12.1 Å². The van der Waals surface area contributed by atoms with Gasteiger partial charge < -0.3 is 9.64 Å². The zero-order chi connectivity index (χ0) is 19.4. The highest BCUT2D eigenvalue weighted by Crippen LogP contribution is 2.29. The number of ether oxygens (including phenoxy) is 1. The highest BCUT2D eigenvalue weighted by molar-refractivity contribution is 5.79. The van der Waals surface area contributed by atoms with Crippen molar-refractivity contribution in [3.05, 3.63) is 53.2 Å². The molecule has 0 radical (unpaired) electrons. The van der Waals surface area contributed by atoms with Crippen LogP contribution in [0.15, 0.2) is 36.4 Å². The van der Waals surface area contributed by atoms with Gasteiger partial charge in [-0.05, 0) is 43.5 Å². The number of likely N-dealkylation sites (tertiary alicyclic amines) is 1. The molecule has 3 rings (SSSR count). The Balaban J connectivity index is 1.57. The van der Waals surface area contributed by atoms with Crippen molar-refractivity contribution in [2.24, 2.45) is 0 Å². The van der Waals surface area contributed by atoms with Gasteiger partial charge in [-0.2, -0.15) is 18.3 Å². The minimum Gasteiger partial charge on any atom is -0.471 e. The largest absolute Gasteiger partial charge is 0.471 e. The predicted octanol–water partition coefficient (Wildman–Crippen LogP) is 3.42. The molecule has 1 unspecified atom stereocenters. The number of carbonyl (C=O) groups excluding carboxylic acids is 1. The Kier molecular flexibility index (Phi) is 5.62. The van der Waals surface area contributed by atoms with E-state index in [1.807, 2.05) is 6.92 Å². The molecule has 144 valence electrons. The maximum absolute atomic E-state index is 12.6. The van der Waals surface area contributed by atoms with Crippen LogP contribution in [0, 0.1) is 6.92 Å². The molecule has 27 heavy (non-hydrogen) atoms. The SMILES string of the molecule is Cc1ccc(OC2CCCN(C(=O)Cc3ccc(C(F)(F)F)cc3)C2)nn1. The molecule has 0 saturated carbocycles. The Morgan fingerprint density at radius 3 is 2.56 bits per heavy atom. The number of hydrogen-bond acceptors (Lipinski definition) is 4. The van der Waals surface area contributed by atoms with Crippen LogP contribution in [-0.4, -0.2) is 40.2 Å². The van der Waals surface area contributed by atoms with Crippen LogP contribution in [0.5, 0.6) is 5.88 Å². The average Bonchev–Trinajstić information content (AvgIpc) is 2.63. The molecule has 0 aliphatic carbocycles. The van der Waals surface area contributed by atoms with E-state index in [0.29, 0.717) is 24.5 Å². The van der Waals surface area contributed by atoms with Crippen molar-refractivity contribution in [2.45, 2.75) is 38.5 Å². The van der Waals surface area contributed by atoms with Gasteiger partial charge in [0.1, 0.15) is 6.10 Å². The lowest BCUT2D eigenvalue weighted by Crippen LogP contribution is -2.45. The fourth-order valence-electron chi connectivity index (χ4n) is 2.98. The summed E-state index contributed by atoms with van der Waals surface area (Å²) >= 11 is 0. The molecule has 1 saturated heterocycles. The van der Waals surface area contributed by atoms with E-state index >= 15 is 0 Å². The highest BCUT2D eigenvalue weighted by atomic mass is 19.4. The van der Waals surface area contributed by atoms with Crippen molar-refractivity contribution in [2.75, 3.05) is 13.1 Å². The first-order valence-electron chi connectivity index (χ1n) is 8.72. The maximum atomic E-state index is 12.6. The van der Waals surface area contributed by atoms with Crippen molar-refractivity contribution in [1.29, 1.82) is 0 Å². The van der Waals surface area contributed by atoms with Crippen LogP contribution >= 0.6 is 0 Å². The fraction of sp³-hybridized carbons (Fsp3) is 0.421. The summed E-state index contributed by atoms with van der Waals surface area (Å²) in [5.74, 6) is 0.292. The molecule has 1 aromatic carbocycles. The Labute approximate surface area is 155 Å². The molecule has 0 N–H and O–H groups in total. The van der Waals surface area contributed by atoms with E-state index < -0.39 is 11.7 Å². The van der Waals surface area contributed by atoms with Gasteiger partial charge in [-0.25, -0.2) is 0 Å². The standard InChI is InChI=1S/C19H20F3N3O2/c1-13-4-9-17(24-23-13)27-16-3-2-10-25(12-16)18(26)11-14-5-7-15(8-6-14)19(20,21)22/h4-9,16H,2-3,10-12H2,1H3. The summed E-state index contributed by atoms with van der Waals surface area (Å²) < 4.78 is 43.7.